The molecule has 0 aliphatic carbocycles. The number of hydrogen-bond acceptors (Lipinski definition) is 6. The fourth-order valence-corrected chi connectivity index (χ4v) is 4.08. The molecule has 0 spiro atoms. The lowest BCUT2D eigenvalue weighted by Crippen LogP contribution is -2.30. The predicted octanol–water partition coefficient (Wildman–Crippen LogP) is 6.68. The quantitative estimate of drug-likeness (QED) is 0.252. The molecule has 1 aromatic heterocycles. The summed E-state index contributed by atoms with van der Waals surface area (Å²) in [5, 5.41) is 10.1. The molecule has 160 valence electrons. The van der Waals surface area contributed by atoms with Crippen molar-refractivity contribution in [1.82, 2.24) is 0 Å². The summed E-state index contributed by atoms with van der Waals surface area (Å²) in [6, 6.07) is 33.2. The van der Waals surface area contributed by atoms with Crippen LogP contribution in [0.15, 0.2) is 134 Å². The van der Waals surface area contributed by atoms with Crippen molar-refractivity contribution >= 4 is 51.1 Å². The molecule has 4 aromatic rings. The normalized spacial score (nSPS) is 17.6. The highest BCUT2D eigenvalue weighted by Crippen LogP contribution is 2.32. The first-order chi connectivity index (χ1) is 16.4. The third kappa shape index (κ3) is 4.99. The van der Waals surface area contributed by atoms with Crippen molar-refractivity contribution in [2.45, 2.75) is 0 Å². The van der Waals surface area contributed by atoms with Gasteiger partial charge < -0.3 is 4.42 Å². The molecule has 33 heavy (non-hydrogen) atoms. The topological polar surface area (TPSA) is 65.8 Å². The highest BCUT2D eigenvalue weighted by Gasteiger charge is 2.34. The van der Waals surface area contributed by atoms with Crippen LogP contribution in [0.5, 0.6) is 0 Å². The molecule has 5 rings (SSSR count). The molecular formula is C26H19N5OS. The van der Waals surface area contributed by atoms with E-state index in [1.54, 1.807) is 12.5 Å². The van der Waals surface area contributed by atoms with Gasteiger partial charge in [0.15, 0.2) is 5.84 Å². The first kappa shape index (κ1) is 20.7. The van der Waals surface area contributed by atoms with Crippen molar-refractivity contribution in [2.24, 2.45) is 20.2 Å². The Balaban J connectivity index is 1.63. The predicted molar refractivity (Wildman–Crippen MR) is 137 cm³/mol. The van der Waals surface area contributed by atoms with Crippen LogP contribution in [-0.4, -0.2) is 22.3 Å². The smallest absolute Gasteiger partial charge is 0.202 e. The number of benzene rings is 3. The van der Waals surface area contributed by atoms with E-state index >= 15 is 0 Å². The van der Waals surface area contributed by atoms with Gasteiger partial charge in [-0.1, -0.05) is 54.6 Å². The summed E-state index contributed by atoms with van der Waals surface area (Å²) < 4.78 is 5.32. The van der Waals surface area contributed by atoms with Crippen LogP contribution in [0.2, 0.25) is 0 Å². The van der Waals surface area contributed by atoms with Crippen LogP contribution in [0.25, 0.3) is 0 Å². The second-order valence-corrected chi connectivity index (χ2v) is 7.90. The third-order valence-corrected chi connectivity index (χ3v) is 5.56. The Morgan fingerprint density at radius 2 is 1.33 bits per heavy atom. The fourth-order valence-electron chi connectivity index (χ4n) is 3.15. The third-order valence-electron chi connectivity index (χ3n) is 4.65. The molecule has 2 heterocycles. The molecule has 0 atom stereocenters. The lowest BCUT2D eigenvalue weighted by Gasteiger charge is -2.17. The summed E-state index contributed by atoms with van der Waals surface area (Å²) in [6.07, 6.45) is 3.18. The maximum atomic E-state index is 5.32. The van der Waals surface area contributed by atoms with Gasteiger partial charge in [-0.15, -0.1) is 5.10 Å². The minimum Gasteiger partial charge on any atom is -0.463 e. The van der Waals surface area contributed by atoms with Gasteiger partial charge in [0.2, 0.25) is 5.17 Å². The van der Waals surface area contributed by atoms with Gasteiger partial charge in [0, 0.05) is 5.69 Å². The Bertz CT molecular complexity index is 1320. The van der Waals surface area contributed by atoms with Crippen LogP contribution in [0.4, 0.5) is 17.1 Å². The van der Waals surface area contributed by atoms with Crippen LogP contribution >= 0.6 is 11.8 Å². The molecule has 0 amide bonds. The standard InChI is InChI=1S/C26H19N5OS/c1-4-11-20(12-5-1)28-24-25(29-21-13-6-2-7-14-21)33-26(30-27-19-23-17-10-18-32-23)31(24)22-15-8-3-9-16-22/h1-19H. The Hall–Kier alpha value is -4.23. The summed E-state index contributed by atoms with van der Waals surface area (Å²) in [5.41, 5.74) is 2.59. The van der Waals surface area contributed by atoms with Crippen molar-refractivity contribution in [3.05, 3.63) is 115 Å². The van der Waals surface area contributed by atoms with Gasteiger partial charge in [-0.2, -0.15) is 5.10 Å². The van der Waals surface area contributed by atoms with Gasteiger partial charge in [-0.05, 0) is 60.3 Å². The molecule has 0 N–H and O–H groups in total. The van der Waals surface area contributed by atoms with Crippen LogP contribution in [0.1, 0.15) is 5.76 Å². The van der Waals surface area contributed by atoms with Crippen molar-refractivity contribution in [2.75, 3.05) is 4.90 Å². The summed E-state index contributed by atoms with van der Waals surface area (Å²) in [6.45, 7) is 0. The second-order valence-electron chi connectivity index (χ2n) is 6.94. The zero-order chi connectivity index (χ0) is 22.3. The average molecular weight is 450 g/mol. The number of rotatable bonds is 5. The number of furan rings is 1. The highest BCUT2D eigenvalue weighted by molar-refractivity contribution is 8.29. The summed E-state index contributed by atoms with van der Waals surface area (Å²) in [7, 11) is 0. The number of thioether (sulfide) groups is 1. The molecule has 0 bridgehead atoms. The lowest BCUT2D eigenvalue weighted by atomic mass is 10.3. The SMILES string of the molecule is C(=NN=C1SC(=Nc2ccccc2)C(=Nc2ccccc2)N1c1ccccc1)c1ccco1. The van der Waals surface area contributed by atoms with Crippen LogP contribution in [0.3, 0.4) is 0 Å². The zero-order valence-electron chi connectivity index (χ0n) is 17.5. The highest BCUT2D eigenvalue weighted by atomic mass is 32.2. The van der Waals surface area contributed by atoms with E-state index < -0.39 is 0 Å². The largest absolute Gasteiger partial charge is 0.463 e. The molecule has 1 aliphatic heterocycles. The van der Waals surface area contributed by atoms with Crippen molar-refractivity contribution in [3.63, 3.8) is 0 Å². The van der Waals surface area contributed by atoms with E-state index in [1.807, 2.05) is 108 Å². The number of anilines is 1. The molecule has 3 aromatic carbocycles. The number of amidine groups is 2. The van der Waals surface area contributed by atoms with Gasteiger partial charge in [-0.3, -0.25) is 4.90 Å². The molecule has 6 nitrogen and oxygen atoms in total. The summed E-state index contributed by atoms with van der Waals surface area (Å²) in [5.74, 6) is 1.32. The monoisotopic (exact) mass is 449 g/mol. The summed E-state index contributed by atoms with van der Waals surface area (Å²) in [4.78, 5) is 11.8. The molecular weight excluding hydrogens is 430 g/mol. The fraction of sp³-hybridized carbons (Fsp3) is 0. The molecule has 1 saturated heterocycles. The molecule has 7 heteroatoms. The number of hydrogen-bond donors (Lipinski definition) is 0. The Morgan fingerprint density at radius 1 is 0.697 bits per heavy atom. The molecule has 0 saturated carbocycles. The second kappa shape index (κ2) is 9.93. The minimum absolute atomic E-state index is 0.630. The van der Waals surface area contributed by atoms with Crippen LogP contribution in [0, 0.1) is 0 Å². The van der Waals surface area contributed by atoms with E-state index in [0.717, 1.165) is 22.1 Å². The van der Waals surface area contributed by atoms with Gasteiger partial charge in [-0.25, -0.2) is 9.98 Å². The summed E-state index contributed by atoms with van der Waals surface area (Å²) >= 11 is 1.42. The van der Waals surface area contributed by atoms with Crippen molar-refractivity contribution in [3.8, 4) is 0 Å². The minimum atomic E-state index is 0.630. The first-order valence-corrected chi connectivity index (χ1v) is 11.1. The van der Waals surface area contributed by atoms with Gasteiger partial charge in [0.1, 0.15) is 10.8 Å². The van der Waals surface area contributed by atoms with Gasteiger partial charge in [0.05, 0.1) is 23.9 Å². The number of para-hydroxylation sites is 3. The molecule has 1 aliphatic rings. The van der Waals surface area contributed by atoms with E-state index in [0.29, 0.717) is 16.8 Å². The number of nitrogens with zero attached hydrogens (tertiary/aromatic N) is 5. The Kier molecular flexibility index (Phi) is 6.22. The lowest BCUT2D eigenvalue weighted by molar-refractivity contribution is 0.560. The van der Waals surface area contributed by atoms with Crippen LogP contribution in [-0.2, 0) is 0 Å². The Labute approximate surface area is 195 Å². The van der Waals surface area contributed by atoms with E-state index in [1.165, 1.54) is 11.8 Å². The maximum Gasteiger partial charge on any atom is 0.202 e. The molecule has 0 unspecified atom stereocenters. The van der Waals surface area contributed by atoms with Crippen LogP contribution < -0.4 is 4.90 Å². The molecule has 0 radical (unpaired) electrons. The van der Waals surface area contributed by atoms with Gasteiger partial charge >= 0.3 is 0 Å². The van der Waals surface area contributed by atoms with Gasteiger partial charge in [0.25, 0.3) is 0 Å². The van der Waals surface area contributed by atoms with E-state index in [-0.39, 0.29) is 0 Å². The zero-order valence-corrected chi connectivity index (χ0v) is 18.3. The average Bonchev–Trinajstić information content (AvgIpc) is 3.49. The first-order valence-electron chi connectivity index (χ1n) is 10.3. The van der Waals surface area contributed by atoms with E-state index in [4.69, 9.17) is 14.4 Å². The van der Waals surface area contributed by atoms with Crippen molar-refractivity contribution in [1.29, 1.82) is 0 Å². The van der Waals surface area contributed by atoms with E-state index in [9.17, 15) is 0 Å². The van der Waals surface area contributed by atoms with Crippen molar-refractivity contribution < 1.29 is 4.42 Å². The Morgan fingerprint density at radius 3 is 1.97 bits per heavy atom. The van der Waals surface area contributed by atoms with E-state index in [2.05, 4.69) is 10.2 Å². The molecule has 1 fully saturated rings. The maximum absolute atomic E-state index is 5.32. The number of aliphatic imine (C=N–C) groups is 2.